The van der Waals surface area contributed by atoms with Crippen LogP contribution in [0.1, 0.15) is 18.4 Å². The predicted octanol–water partition coefficient (Wildman–Crippen LogP) is 4.50. The summed E-state index contributed by atoms with van der Waals surface area (Å²) in [6.07, 6.45) is 2.61. The van der Waals surface area contributed by atoms with Gasteiger partial charge >= 0.3 is 0 Å². The van der Waals surface area contributed by atoms with Crippen LogP contribution < -0.4 is 14.8 Å². The van der Waals surface area contributed by atoms with Crippen LogP contribution in [0.15, 0.2) is 46.9 Å². The minimum Gasteiger partial charge on any atom is -0.497 e. The van der Waals surface area contributed by atoms with Crippen molar-refractivity contribution in [2.45, 2.75) is 25.4 Å². The number of hydrogen-bond acceptors (Lipinski definition) is 3. The fraction of sp³-hybridized carbons (Fsp3) is 0.294. The van der Waals surface area contributed by atoms with Crippen molar-refractivity contribution in [2.75, 3.05) is 7.11 Å². The number of halogens is 1. The number of ether oxygens (including phenoxy) is 2. The quantitative estimate of drug-likeness (QED) is 0.834. The summed E-state index contributed by atoms with van der Waals surface area (Å²) in [4.78, 5) is 0. The average Bonchev–Trinajstić information content (AvgIpc) is 3.33. The maximum atomic E-state index is 5.88. The monoisotopic (exact) mass is 347 g/mol. The Morgan fingerprint density at radius 1 is 1.10 bits per heavy atom. The van der Waals surface area contributed by atoms with Crippen LogP contribution in [0.25, 0.3) is 0 Å². The van der Waals surface area contributed by atoms with Crippen LogP contribution in [0.4, 0.5) is 0 Å². The molecule has 0 spiro atoms. The van der Waals surface area contributed by atoms with Gasteiger partial charge in [0.05, 0.1) is 11.6 Å². The lowest BCUT2D eigenvalue weighted by molar-refractivity contribution is 0.412. The smallest absolute Gasteiger partial charge is 0.141 e. The van der Waals surface area contributed by atoms with E-state index in [1.807, 2.05) is 30.3 Å². The molecule has 1 fully saturated rings. The van der Waals surface area contributed by atoms with Crippen molar-refractivity contribution in [3.63, 3.8) is 0 Å². The van der Waals surface area contributed by atoms with Gasteiger partial charge in [-0.1, -0.05) is 6.07 Å². The maximum absolute atomic E-state index is 5.88. The molecule has 0 heterocycles. The van der Waals surface area contributed by atoms with Gasteiger partial charge in [0.2, 0.25) is 0 Å². The van der Waals surface area contributed by atoms with Crippen molar-refractivity contribution < 1.29 is 9.47 Å². The summed E-state index contributed by atoms with van der Waals surface area (Å²) < 4.78 is 12.0. The van der Waals surface area contributed by atoms with E-state index in [4.69, 9.17) is 9.47 Å². The van der Waals surface area contributed by atoms with Crippen molar-refractivity contribution in [3.05, 3.63) is 52.5 Å². The molecule has 0 unspecified atom stereocenters. The highest BCUT2D eigenvalue weighted by Crippen LogP contribution is 2.31. The van der Waals surface area contributed by atoms with Gasteiger partial charge in [-0.3, -0.25) is 0 Å². The molecular formula is C17H18BrNO2. The molecule has 3 rings (SSSR count). The zero-order chi connectivity index (χ0) is 14.7. The van der Waals surface area contributed by atoms with Gasteiger partial charge in [-0.05, 0) is 70.7 Å². The summed E-state index contributed by atoms with van der Waals surface area (Å²) >= 11 is 3.58. The lowest BCUT2D eigenvalue weighted by Crippen LogP contribution is -2.15. The van der Waals surface area contributed by atoms with Crippen LogP contribution in [-0.2, 0) is 6.54 Å². The lowest BCUT2D eigenvalue weighted by Gasteiger charge is -2.10. The lowest BCUT2D eigenvalue weighted by atomic mass is 10.2. The second-order valence-electron chi connectivity index (χ2n) is 5.20. The van der Waals surface area contributed by atoms with Crippen molar-refractivity contribution in [2.24, 2.45) is 0 Å². The van der Waals surface area contributed by atoms with E-state index in [9.17, 15) is 0 Å². The minimum absolute atomic E-state index is 0.721. The molecule has 2 aromatic rings. The SMILES string of the molecule is COc1ccc(Oc2ccc(CNC3CC3)cc2Br)cc1. The standard InChI is InChI=1S/C17H18BrNO2/c1-20-14-5-7-15(8-6-14)21-17-9-2-12(10-16(17)18)11-19-13-3-4-13/h2,5-10,13,19H,3-4,11H2,1H3. The molecule has 0 radical (unpaired) electrons. The fourth-order valence-corrected chi connectivity index (χ4v) is 2.56. The molecule has 0 aromatic heterocycles. The van der Waals surface area contributed by atoms with Gasteiger partial charge < -0.3 is 14.8 Å². The highest BCUT2D eigenvalue weighted by Gasteiger charge is 2.20. The van der Waals surface area contributed by atoms with Gasteiger partial charge in [0.1, 0.15) is 17.2 Å². The summed E-state index contributed by atoms with van der Waals surface area (Å²) in [5, 5.41) is 3.51. The van der Waals surface area contributed by atoms with Gasteiger partial charge in [0, 0.05) is 12.6 Å². The Hall–Kier alpha value is -1.52. The van der Waals surface area contributed by atoms with Crippen molar-refractivity contribution in [3.8, 4) is 17.2 Å². The topological polar surface area (TPSA) is 30.5 Å². The molecule has 110 valence electrons. The van der Waals surface area contributed by atoms with E-state index in [-0.39, 0.29) is 0 Å². The van der Waals surface area contributed by atoms with Crippen LogP contribution in [0.2, 0.25) is 0 Å². The van der Waals surface area contributed by atoms with Crippen molar-refractivity contribution >= 4 is 15.9 Å². The average molecular weight is 348 g/mol. The van der Waals surface area contributed by atoms with E-state index in [0.29, 0.717) is 0 Å². The molecule has 0 amide bonds. The van der Waals surface area contributed by atoms with Gasteiger partial charge in [-0.2, -0.15) is 0 Å². The van der Waals surface area contributed by atoms with Crippen LogP contribution >= 0.6 is 15.9 Å². The third-order valence-electron chi connectivity index (χ3n) is 3.46. The Bertz CT molecular complexity index is 609. The third kappa shape index (κ3) is 3.99. The van der Waals surface area contributed by atoms with Crippen LogP contribution in [0.5, 0.6) is 17.2 Å². The highest BCUT2D eigenvalue weighted by molar-refractivity contribution is 9.10. The summed E-state index contributed by atoms with van der Waals surface area (Å²) in [5.41, 5.74) is 1.26. The Kier molecular flexibility index (Phi) is 4.46. The predicted molar refractivity (Wildman–Crippen MR) is 87.1 cm³/mol. The molecule has 1 aliphatic rings. The van der Waals surface area contributed by atoms with Crippen LogP contribution in [0.3, 0.4) is 0 Å². The normalized spacial score (nSPS) is 14.0. The molecule has 1 N–H and O–H groups in total. The first-order valence-electron chi connectivity index (χ1n) is 7.08. The third-order valence-corrected chi connectivity index (χ3v) is 4.08. The van der Waals surface area contributed by atoms with Crippen LogP contribution in [-0.4, -0.2) is 13.2 Å². The molecule has 2 aromatic carbocycles. The Balaban J connectivity index is 1.66. The molecule has 4 heteroatoms. The summed E-state index contributed by atoms with van der Waals surface area (Å²) in [5.74, 6) is 2.43. The van der Waals surface area contributed by atoms with Crippen LogP contribution in [0, 0.1) is 0 Å². The fourth-order valence-electron chi connectivity index (χ4n) is 2.06. The Morgan fingerprint density at radius 3 is 2.43 bits per heavy atom. The Labute approximate surface area is 133 Å². The largest absolute Gasteiger partial charge is 0.497 e. The number of rotatable bonds is 6. The van der Waals surface area contributed by atoms with Gasteiger partial charge in [0.15, 0.2) is 0 Å². The van der Waals surface area contributed by atoms with E-state index in [1.54, 1.807) is 7.11 Å². The first-order valence-corrected chi connectivity index (χ1v) is 7.87. The van der Waals surface area contributed by atoms with E-state index < -0.39 is 0 Å². The molecular weight excluding hydrogens is 330 g/mol. The summed E-state index contributed by atoms with van der Waals surface area (Å²) in [6, 6.07) is 14.5. The van der Waals surface area contributed by atoms with Gasteiger partial charge in [0.25, 0.3) is 0 Å². The van der Waals surface area contributed by atoms with E-state index in [0.717, 1.165) is 34.3 Å². The zero-order valence-corrected chi connectivity index (χ0v) is 13.5. The van der Waals surface area contributed by atoms with Crippen molar-refractivity contribution in [1.29, 1.82) is 0 Å². The second-order valence-corrected chi connectivity index (χ2v) is 6.05. The molecule has 0 aliphatic heterocycles. The summed E-state index contributed by atoms with van der Waals surface area (Å²) in [7, 11) is 1.65. The number of hydrogen-bond donors (Lipinski definition) is 1. The van der Waals surface area contributed by atoms with E-state index in [1.165, 1.54) is 18.4 Å². The van der Waals surface area contributed by atoms with E-state index >= 15 is 0 Å². The molecule has 0 bridgehead atoms. The maximum Gasteiger partial charge on any atom is 0.141 e. The minimum atomic E-state index is 0.721. The second kappa shape index (κ2) is 6.50. The molecule has 0 atom stereocenters. The van der Waals surface area contributed by atoms with Gasteiger partial charge in [-0.15, -0.1) is 0 Å². The highest BCUT2D eigenvalue weighted by atomic mass is 79.9. The first-order chi connectivity index (χ1) is 10.2. The number of benzene rings is 2. The number of methoxy groups -OCH3 is 1. The molecule has 0 saturated heterocycles. The molecule has 1 aliphatic carbocycles. The Morgan fingerprint density at radius 2 is 1.81 bits per heavy atom. The van der Waals surface area contributed by atoms with Gasteiger partial charge in [-0.25, -0.2) is 0 Å². The van der Waals surface area contributed by atoms with E-state index in [2.05, 4.69) is 33.4 Å². The first kappa shape index (κ1) is 14.4. The number of nitrogens with one attached hydrogen (secondary N) is 1. The molecule has 21 heavy (non-hydrogen) atoms. The summed E-state index contributed by atoms with van der Waals surface area (Å²) in [6.45, 7) is 0.909. The van der Waals surface area contributed by atoms with Crippen molar-refractivity contribution in [1.82, 2.24) is 5.32 Å². The zero-order valence-electron chi connectivity index (χ0n) is 11.9. The molecule has 1 saturated carbocycles. The molecule has 3 nitrogen and oxygen atoms in total.